The second-order valence-electron chi connectivity index (χ2n) is 8.07. The van der Waals surface area contributed by atoms with Crippen LogP contribution in [0.2, 0.25) is 0 Å². The fourth-order valence-electron chi connectivity index (χ4n) is 4.93. The number of carbonyl (C=O) groups excluding carboxylic acids is 1. The molecule has 0 aliphatic carbocycles. The summed E-state index contributed by atoms with van der Waals surface area (Å²) in [5.74, 6) is 2.77. The summed E-state index contributed by atoms with van der Waals surface area (Å²) in [7, 11) is 3.24. The largest absolute Gasteiger partial charge is 1.00 e. The van der Waals surface area contributed by atoms with Gasteiger partial charge in [-0.25, -0.2) is 0 Å². The molecule has 5 rings (SSSR count). The molecule has 2 aromatic carbocycles. The third-order valence-corrected chi connectivity index (χ3v) is 6.48. The number of allylic oxidation sites excluding steroid dienone is 1. The Hall–Kier alpha value is -3.25. The van der Waals surface area contributed by atoms with Crippen LogP contribution in [-0.4, -0.2) is 26.8 Å². The summed E-state index contributed by atoms with van der Waals surface area (Å²) in [5, 5.41) is 1.85. The van der Waals surface area contributed by atoms with Gasteiger partial charge in [0.05, 0.1) is 25.4 Å². The first kappa shape index (κ1) is 22.9. The molecule has 0 atom stereocenters. The average Bonchev–Trinajstić information content (AvgIpc) is 3.28. The van der Waals surface area contributed by atoms with Crippen LogP contribution in [0, 0.1) is 6.92 Å². The van der Waals surface area contributed by atoms with Gasteiger partial charge in [-0.2, -0.15) is 4.57 Å². The van der Waals surface area contributed by atoms with E-state index in [1.165, 1.54) is 5.56 Å². The quantitative estimate of drug-likeness (QED) is 0.419. The number of benzene rings is 2. The lowest BCUT2D eigenvalue weighted by atomic mass is 9.88. The molecule has 2 aliphatic rings. The molecule has 3 heterocycles. The van der Waals surface area contributed by atoms with Crippen LogP contribution in [0.25, 0.3) is 27.6 Å². The van der Waals surface area contributed by atoms with Crippen molar-refractivity contribution >= 4 is 22.1 Å². The van der Waals surface area contributed by atoms with Gasteiger partial charge in [0.25, 0.3) is 0 Å². The smallest absolute Gasteiger partial charge is 0.231 e. The number of carbonyl (C=O) groups is 1. The molecule has 6 nitrogen and oxygen atoms in total. The van der Waals surface area contributed by atoms with Crippen LogP contribution in [0.5, 0.6) is 23.0 Å². The predicted molar refractivity (Wildman–Crippen MR) is 122 cm³/mol. The number of ketones is 1. The zero-order chi connectivity index (χ0) is 22.6. The number of aromatic nitrogens is 1. The monoisotopic (exact) mass is 467 g/mol. The lowest BCUT2D eigenvalue weighted by Gasteiger charge is -2.23. The van der Waals surface area contributed by atoms with E-state index in [0.29, 0.717) is 30.0 Å². The molecule has 33 heavy (non-hydrogen) atoms. The Morgan fingerprint density at radius 2 is 1.88 bits per heavy atom. The van der Waals surface area contributed by atoms with E-state index in [4.69, 9.17) is 18.9 Å². The number of methoxy groups -OCH3 is 2. The summed E-state index contributed by atoms with van der Waals surface area (Å²) in [5.41, 5.74) is 5.72. The molecule has 0 bridgehead atoms. The van der Waals surface area contributed by atoms with Gasteiger partial charge in [0.1, 0.15) is 5.39 Å². The fraction of sp³-hybridized carbons (Fsp3) is 0.308. The minimum atomic E-state index is 0. The van der Waals surface area contributed by atoms with Crippen molar-refractivity contribution in [3.8, 4) is 34.3 Å². The van der Waals surface area contributed by atoms with Crippen LogP contribution in [0.4, 0.5) is 0 Å². The molecule has 0 saturated heterocycles. The van der Waals surface area contributed by atoms with E-state index < -0.39 is 0 Å². The highest BCUT2D eigenvalue weighted by molar-refractivity contribution is 6.22. The highest BCUT2D eigenvalue weighted by Crippen LogP contribution is 2.45. The first-order valence-electron chi connectivity index (χ1n) is 10.8. The Labute approximate surface area is 199 Å². The maximum Gasteiger partial charge on any atom is 0.231 e. The van der Waals surface area contributed by atoms with Crippen molar-refractivity contribution < 1.29 is 40.7 Å². The summed E-state index contributed by atoms with van der Waals surface area (Å²) < 4.78 is 24.9. The number of ether oxygens (including phenoxy) is 4. The molecule has 0 N–H and O–H groups in total. The second-order valence-corrected chi connectivity index (χ2v) is 8.07. The van der Waals surface area contributed by atoms with Crippen molar-refractivity contribution in [2.75, 3.05) is 21.0 Å². The van der Waals surface area contributed by atoms with Crippen molar-refractivity contribution in [3.05, 3.63) is 47.7 Å². The number of rotatable bonds is 5. The number of Topliss-reactive ketones (excluding diaryl/α,β-unsaturated/α-hetero) is 1. The standard InChI is InChI=1S/C26H26NO5.ClH/c1-6-19(28)15(3)25-23-17(7-8-20(29-4)26(23)30-5)14(2)24-18-12-22-21(31-13-32-22)11-16(18)9-10-27(24)25;/h7-8,11-12H,3,6,9-10,13H2,1-2,4-5H3;1H/q+1;/p-1. The number of hydrogen-bond donors (Lipinski definition) is 0. The highest BCUT2D eigenvalue weighted by atomic mass is 35.5. The molecular weight excluding hydrogens is 442 g/mol. The average molecular weight is 468 g/mol. The molecule has 0 saturated carbocycles. The topological polar surface area (TPSA) is 57.9 Å². The van der Waals surface area contributed by atoms with Crippen molar-refractivity contribution in [2.24, 2.45) is 0 Å². The molecule has 0 spiro atoms. The number of halogens is 1. The van der Waals surface area contributed by atoms with E-state index >= 15 is 0 Å². The highest BCUT2D eigenvalue weighted by Gasteiger charge is 2.36. The van der Waals surface area contributed by atoms with Crippen molar-refractivity contribution in [3.63, 3.8) is 0 Å². The molecule has 0 amide bonds. The van der Waals surface area contributed by atoms with Crippen LogP contribution >= 0.6 is 0 Å². The third kappa shape index (κ3) is 3.32. The Kier molecular flexibility index (Phi) is 5.97. The molecule has 0 unspecified atom stereocenters. The number of aryl methyl sites for hydroxylation is 2. The van der Waals surface area contributed by atoms with Crippen molar-refractivity contribution in [2.45, 2.75) is 33.2 Å². The van der Waals surface area contributed by atoms with E-state index in [9.17, 15) is 4.79 Å². The molecule has 7 heteroatoms. The Morgan fingerprint density at radius 1 is 1.15 bits per heavy atom. The van der Waals surface area contributed by atoms with Gasteiger partial charge in [0.15, 0.2) is 35.3 Å². The Bertz CT molecular complexity index is 1310. The third-order valence-electron chi connectivity index (χ3n) is 6.48. The normalized spacial score (nSPS) is 13.1. The van der Waals surface area contributed by atoms with Crippen LogP contribution in [0.1, 0.15) is 30.2 Å². The minimum absolute atomic E-state index is 0. The van der Waals surface area contributed by atoms with E-state index in [1.54, 1.807) is 14.2 Å². The van der Waals surface area contributed by atoms with Gasteiger partial charge in [-0.1, -0.05) is 13.5 Å². The van der Waals surface area contributed by atoms with Gasteiger partial charge >= 0.3 is 0 Å². The summed E-state index contributed by atoms with van der Waals surface area (Å²) in [4.78, 5) is 12.9. The number of pyridine rings is 1. The van der Waals surface area contributed by atoms with Gasteiger partial charge < -0.3 is 31.4 Å². The van der Waals surface area contributed by atoms with E-state index in [1.807, 2.05) is 19.1 Å². The van der Waals surface area contributed by atoms with Crippen LogP contribution < -0.4 is 35.9 Å². The minimum Gasteiger partial charge on any atom is -1.00 e. The van der Waals surface area contributed by atoms with E-state index in [-0.39, 0.29) is 25.0 Å². The molecule has 2 aliphatic heterocycles. The fourth-order valence-corrected chi connectivity index (χ4v) is 4.93. The summed E-state index contributed by atoms with van der Waals surface area (Å²) in [6.45, 7) is 9.13. The first-order chi connectivity index (χ1) is 15.5. The van der Waals surface area contributed by atoms with Crippen molar-refractivity contribution in [1.82, 2.24) is 0 Å². The summed E-state index contributed by atoms with van der Waals surface area (Å²) >= 11 is 0. The molecule has 0 radical (unpaired) electrons. The van der Waals surface area contributed by atoms with Gasteiger partial charge in [0, 0.05) is 23.8 Å². The number of nitrogens with zero attached hydrogens (tertiary/aromatic N) is 1. The van der Waals surface area contributed by atoms with Gasteiger partial charge in [0.2, 0.25) is 18.2 Å². The maximum atomic E-state index is 12.9. The lowest BCUT2D eigenvalue weighted by molar-refractivity contribution is -0.688. The maximum absolute atomic E-state index is 12.9. The number of hydrogen-bond acceptors (Lipinski definition) is 5. The molecule has 0 fully saturated rings. The zero-order valence-corrected chi connectivity index (χ0v) is 20.0. The SMILES string of the molecule is C=C(C(=O)CC)c1c2c(OC)c(OC)ccc2c(C)c2[n+]1CCc1cc3c(cc1-2)OCO3.[Cl-]. The van der Waals surface area contributed by atoms with Gasteiger partial charge in [-0.15, -0.1) is 0 Å². The van der Waals surface area contributed by atoms with Crippen LogP contribution in [-0.2, 0) is 17.8 Å². The molecule has 172 valence electrons. The van der Waals surface area contributed by atoms with Gasteiger partial charge in [-0.05, 0) is 36.8 Å². The van der Waals surface area contributed by atoms with E-state index in [0.717, 1.165) is 51.2 Å². The number of fused-ring (bicyclic) bond motifs is 5. The predicted octanol–water partition coefficient (Wildman–Crippen LogP) is 1.40. The van der Waals surface area contributed by atoms with Crippen molar-refractivity contribution in [1.29, 1.82) is 0 Å². The molecule has 1 aromatic heterocycles. The van der Waals surface area contributed by atoms with Crippen LogP contribution in [0.3, 0.4) is 0 Å². The lowest BCUT2D eigenvalue weighted by Crippen LogP contribution is -3.00. The molecule has 3 aromatic rings. The Balaban J connectivity index is 0.00000259. The Morgan fingerprint density at radius 3 is 2.55 bits per heavy atom. The zero-order valence-electron chi connectivity index (χ0n) is 19.2. The summed E-state index contributed by atoms with van der Waals surface area (Å²) in [6.07, 6.45) is 1.19. The van der Waals surface area contributed by atoms with E-state index in [2.05, 4.69) is 30.2 Å². The van der Waals surface area contributed by atoms with Crippen LogP contribution in [0.15, 0.2) is 30.8 Å². The molecular formula is C26H26ClNO5. The first-order valence-corrected chi connectivity index (χ1v) is 10.8. The summed E-state index contributed by atoms with van der Waals surface area (Å²) in [6, 6.07) is 8.06. The van der Waals surface area contributed by atoms with Gasteiger partial charge in [-0.3, -0.25) is 4.79 Å². The second kappa shape index (κ2) is 8.60.